The Balaban J connectivity index is 1.28. The summed E-state index contributed by atoms with van der Waals surface area (Å²) in [6, 6.07) is 10.8. The van der Waals surface area contributed by atoms with Gasteiger partial charge in [-0.05, 0) is 43.5 Å². The number of aryl methyl sites for hydroxylation is 1. The van der Waals surface area contributed by atoms with Gasteiger partial charge in [-0.2, -0.15) is 0 Å². The van der Waals surface area contributed by atoms with Crippen molar-refractivity contribution in [2.75, 3.05) is 11.3 Å². The van der Waals surface area contributed by atoms with E-state index in [0.717, 1.165) is 35.3 Å². The second-order valence-electron chi connectivity index (χ2n) is 8.72. The Morgan fingerprint density at radius 1 is 1.17 bits per heavy atom. The third-order valence-electron chi connectivity index (χ3n) is 6.07. The molecule has 6 rings (SSSR count). The highest BCUT2D eigenvalue weighted by Gasteiger charge is 2.29. The molecule has 1 saturated carbocycles. The second kappa shape index (κ2) is 8.65. The largest absolute Gasteiger partial charge is 0.493 e. The summed E-state index contributed by atoms with van der Waals surface area (Å²) in [6.07, 6.45) is 6.18. The zero-order valence-electron chi connectivity index (χ0n) is 18.9. The molecule has 3 heterocycles. The Bertz CT molecular complexity index is 1480. The minimum absolute atomic E-state index is 0.110. The summed E-state index contributed by atoms with van der Waals surface area (Å²) in [4.78, 5) is 4.10. The first-order valence-corrected chi connectivity index (χ1v) is 13.7. The number of hydrogen-bond acceptors (Lipinski definition) is 8. The summed E-state index contributed by atoms with van der Waals surface area (Å²) < 4.78 is 42.2. The van der Waals surface area contributed by atoms with Crippen molar-refractivity contribution < 1.29 is 17.9 Å². The van der Waals surface area contributed by atoms with Crippen molar-refractivity contribution in [2.24, 2.45) is 0 Å². The normalized spacial score (nSPS) is 17.5. The molecule has 1 fully saturated rings. The molecule has 2 aromatic carbocycles. The molecule has 11 heteroatoms. The first-order chi connectivity index (χ1) is 17.0. The Morgan fingerprint density at radius 3 is 2.86 bits per heavy atom. The van der Waals surface area contributed by atoms with Crippen molar-refractivity contribution in [3.63, 3.8) is 0 Å². The van der Waals surface area contributed by atoms with E-state index in [1.807, 2.05) is 31.3 Å². The average molecular weight is 510 g/mol. The topological polar surface area (TPSA) is 108 Å². The number of nitrogens with one attached hydrogen (secondary N) is 1. The lowest BCUT2D eigenvalue weighted by atomic mass is 10.0. The maximum absolute atomic E-state index is 12.8. The average Bonchev–Trinajstić information content (AvgIpc) is 3.35. The maximum Gasteiger partial charge on any atom is 0.263 e. The van der Waals surface area contributed by atoms with Gasteiger partial charge in [-0.3, -0.25) is 4.72 Å². The summed E-state index contributed by atoms with van der Waals surface area (Å²) >= 11 is 1.22. The number of thiazole rings is 1. The van der Waals surface area contributed by atoms with Crippen LogP contribution in [0.2, 0.25) is 0 Å². The molecule has 0 bridgehead atoms. The highest BCUT2D eigenvalue weighted by molar-refractivity contribution is 7.93. The lowest BCUT2D eigenvalue weighted by Crippen LogP contribution is -2.20. The molecule has 0 spiro atoms. The summed E-state index contributed by atoms with van der Waals surface area (Å²) in [5.74, 6) is 1.69. The molecule has 1 N–H and O–H groups in total. The van der Waals surface area contributed by atoms with Gasteiger partial charge in [0.05, 0.1) is 23.4 Å². The zero-order chi connectivity index (χ0) is 24.0. The number of ether oxygens (including phenoxy) is 2. The van der Waals surface area contributed by atoms with Gasteiger partial charge >= 0.3 is 0 Å². The van der Waals surface area contributed by atoms with E-state index in [9.17, 15) is 8.42 Å². The van der Waals surface area contributed by atoms with Gasteiger partial charge in [0.1, 0.15) is 23.3 Å². The van der Waals surface area contributed by atoms with Gasteiger partial charge < -0.3 is 9.47 Å². The molecular weight excluding hydrogens is 486 g/mol. The lowest BCUT2D eigenvalue weighted by Gasteiger charge is -2.28. The van der Waals surface area contributed by atoms with Gasteiger partial charge in [0.2, 0.25) is 0 Å². The van der Waals surface area contributed by atoms with Crippen molar-refractivity contribution in [2.45, 2.75) is 43.1 Å². The molecule has 1 atom stereocenters. The zero-order valence-corrected chi connectivity index (χ0v) is 20.6. The van der Waals surface area contributed by atoms with Gasteiger partial charge in [-0.1, -0.05) is 17.3 Å². The standard InChI is InChI=1S/C24H23N5O4S2/c1-15-2-7-22(20(12-15)29-14-19(26-28-29)16-3-4-16)33-21-8-10-32-23-13-17(5-6-18(21)23)35(30,31)27-24-25-9-11-34-24/h2,5-7,9,11-14,16,21H,3-4,8,10H2,1H3,(H,25,27)/t21-/m1/s1. The molecule has 0 unspecified atom stereocenters. The fourth-order valence-corrected chi connectivity index (χ4v) is 5.90. The third-order valence-corrected chi connectivity index (χ3v) is 8.23. The van der Waals surface area contributed by atoms with E-state index < -0.39 is 10.0 Å². The van der Waals surface area contributed by atoms with Crippen molar-refractivity contribution in [1.29, 1.82) is 0 Å². The van der Waals surface area contributed by atoms with Crippen LogP contribution in [0.1, 0.15) is 48.1 Å². The third kappa shape index (κ3) is 4.48. The van der Waals surface area contributed by atoms with Crippen LogP contribution in [0, 0.1) is 6.92 Å². The number of fused-ring (bicyclic) bond motifs is 1. The maximum atomic E-state index is 12.8. The molecule has 2 aromatic heterocycles. The van der Waals surface area contributed by atoms with Crippen LogP contribution in [0.25, 0.3) is 5.69 Å². The Hall–Kier alpha value is -3.44. The number of anilines is 1. The molecule has 0 radical (unpaired) electrons. The van der Waals surface area contributed by atoms with Crippen LogP contribution in [0.5, 0.6) is 11.5 Å². The second-order valence-corrected chi connectivity index (χ2v) is 11.3. The highest BCUT2D eigenvalue weighted by atomic mass is 32.2. The molecule has 180 valence electrons. The van der Waals surface area contributed by atoms with Crippen molar-refractivity contribution in [3.8, 4) is 17.2 Å². The monoisotopic (exact) mass is 509 g/mol. The van der Waals surface area contributed by atoms with Crippen LogP contribution in [0.4, 0.5) is 5.13 Å². The van der Waals surface area contributed by atoms with E-state index in [0.29, 0.717) is 35.6 Å². The number of sulfonamides is 1. The van der Waals surface area contributed by atoms with Crippen LogP contribution in [-0.4, -0.2) is 35.0 Å². The molecule has 35 heavy (non-hydrogen) atoms. The molecular formula is C24H23N5O4S2. The van der Waals surface area contributed by atoms with Gasteiger partial charge in [-0.15, -0.1) is 16.4 Å². The van der Waals surface area contributed by atoms with Crippen LogP contribution < -0.4 is 14.2 Å². The van der Waals surface area contributed by atoms with Crippen LogP contribution >= 0.6 is 11.3 Å². The summed E-state index contributed by atoms with van der Waals surface area (Å²) in [5.41, 5.74) is 3.72. The minimum Gasteiger partial charge on any atom is -0.493 e. The molecule has 1 aliphatic carbocycles. The number of aromatic nitrogens is 4. The smallest absolute Gasteiger partial charge is 0.263 e. The van der Waals surface area contributed by atoms with E-state index in [2.05, 4.69) is 20.0 Å². The lowest BCUT2D eigenvalue weighted by molar-refractivity contribution is 0.135. The molecule has 4 aromatic rings. The molecule has 2 aliphatic rings. The number of benzene rings is 2. The predicted octanol–water partition coefficient (Wildman–Crippen LogP) is 4.61. The number of nitrogens with zero attached hydrogens (tertiary/aromatic N) is 4. The summed E-state index contributed by atoms with van der Waals surface area (Å²) in [7, 11) is -3.78. The highest BCUT2D eigenvalue weighted by Crippen LogP contribution is 2.40. The van der Waals surface area contributed by atoms with Crippen molar-refractivity contribution >= 4 is 26.5 Å². The Morgan fingerprint density at radius 2 is 2.06 bits per heavy atom. The van der Waals surface area contributed by atoms with Crippen molar-refractivity contribution in [1.82, 2.24) is 20.0 Å². The van der Waals surface area contributed by atoms with E-state index >= 15 is 0 Å². The van der Waals surface area contributed by atoms with Crippen molar-refractivity contribution in [3.05, 3.63) is 71.0 Å². The number of rotatable bonds is 7. The SMILES string of the molecule is Cc1ccc(O[C@@H]2CCOc3cc(S(=O)(=O)Nc4nccs4)ccc32)c(-n2cc(C3CC3)nn2)c1. The van der Waals surface area contributed by atoms with E-state index in [1.165, 1.54) is 17.4 Å². The Labute approximate surface area is 206 Å². The molecule has 9 nitrogen and oxygen atoms in total. The fraction of sp³-hybridized carbons (Fsp3) is 0.292. The van der Waals surface area contributed by atoms with Crippen LogP contribution in [-0.2, 0) is 10.0 Å². The molecule has 0 amide bonds. The van der Waals surface area contributed by atoms with Gasteiger partial charge in [0, 0.05) is 35.5 Å². The summed E-state index contributed by atoms with van der Waals surface area (Å²) in [5, 5.41) is 10.7. The first-order valence-electron chi connectivity index (χ1n) is 11.4. The first kappa shape index (κ1) is 22.1. The number of hydrogen-bond donors (Lipinski definition) is 1. The van der Waals surface area contributed by atoms with Crippen LogP contribution in [0.15, 0.2) is 59.1 Å². The van der Waals surface area contributed by atoms with Gasteiger partial charge in [0.25, 0.3) is 10.0 Å². The summed E-state index contributed by atoms with van der Waals surface area (Å²) in [6.45, 7) is 2.44. The van der Waals surface area contributed by atoms with Gasteiger partial charge in [0.15, 0.2) is 5.13 Å². The van der Waals surface area contributed by atoms with Crippen LogP contribution in [0.3, 0.4) is 0 Å². The van der Waals surface area contributed by atoms with E-state index in [1.54, 1.807) is 28.4 Å². The molecule has 1 aliphatic heterocycles. The molecule has 0 saturated heterocycles. The quantitative estimate of drug-likeness (QED) is 0.387. The van der Waals surface area contributed by atoms with Gasteiger partial charge in [-0.25, -0.2) is 18.1 Å². The fourth-order valence-electron chi connectivity index (χ4n) is 4.09. The predicted molar refractivity (Wildman–Crippen MR) is 131 cm³/mol. The van der Waals surface area contributed by atoms with E-state index in [-0.39, 0.29) is 11.0 Å². The Kier molecular flexibility index (Phi) is 5.45. The minimum atomic E-state index is -3.78. The van der Waals surface area contributed by atoms with E-state index in [4.69, 9.17) is 9.47 Å².